The monoisotopic (exact) mass is 312 g/mol. The maximum absolute atomic E-state index is 11.4. The lowest BCUT2D eigenvalue weighted by molar-refractivity contribution is -0.130. The molecule has 1 heterocycles. The maximum Gasteiger partial charge on any atom is 0.246 e. The fourth-order valence-electron chi connectivity index (χ4n) is 1.95. The lowest BCUT2D eigenvalue weighted by Gasteiger charge is -2.30. The third kappa shape index (κ3) is 2.70. The Morgan fingerprint density at radius 1 is 1.33 bits per heavy atom. The number of carbonyl (C=O) groups is 2. The van der Waals surface area contributed by atoms with Crippen LogP contribution in [-0.2, 0) is 9.59 Å². The van der Waals surface area contributed by atoms with Crippen LogP contribution in [0, 0.1) is 0 Å². The molecular weight excluding hydrogens is 300 g/mol. The number of hydrogen-bond acceptors (Lipinski definition) is 4. The molecule has 2 rings (SSSR count). The van der Waals surface area contributed by atoms with E-state index in [0.29, 0.717) is 11.3 Å². The first-order valence-electron chi connectivity index (χ1n) is 5.52. The van der Waals surface area contributed by atoms with Crippen LogP contribution >= 0.6 is 15.9 Å². The zero-order chi connectivity index (χ0) is 13.3. The number of piperazine rings is 1. The molecule has 0 spiro atoms. The molecule has 2 amide bonds. The van der Waals surface area contributed by atoms with Crippen molar-refractivity contribution >= 4 is 33.4 Å². The van der Waals surface area contributed by atoms with Crippen LogP contribution < -0.4 is 10.2 Å². The highest BCUT2D eigenvalue weighted by molar-refractivity contribution is 9.10. The number of aliphatic hydroxyl groups is 1. The van der Waals surface area contributed by atoms with Gasteiger partial charge in [-0.05, 0) is 19.1 Å². The second-order valence-electron chi connectivity index (χ2n) is 4.21. The number of benzene rings is 1. The number of nitrogens with zero attached hydrogens (tertiary/aromatic N) is 1. The van der Waals surface area contributed by atoms with E-state index in [-0.39, 0.29) is 24.9 Å². The number of rotatable bonds is 2. The van der Waals surface area contributed by atoms with E-state index in [1.807, 2.05) is 6.07 Å². The predicted molar refractivity (Wildman–Crippen MR) is 70.1 cm³/mol. The van der Waals surface area contributed by atoms with Crippen molar-refractivity contribution in [2.75, 3.05) is 18.0 Å². The fraction of sp³-hybridized carbons (Fsp3) is 0.333. The van der Waals surface area contributed by atoms with Gasteiger partial charge >= 0.3 is 0 Å². The molecule has 1 aromatic carbocycles. The van der Waals surface area contributed by atoms with E-state index in [9.17, 15) is 14.7 Å². The van der Waals surface area contributed by atoms with E-state index in [2.05, 4.69) is 21.2 Å². The number of halogens is 1. The van der Waals surface area contributed by atoms with E-state index >= 15 is 0 Å². The summed E-state index contributed by atoms with van der Waals surface area (Å²) in [4.78, 5) is 24.4. The van der Waals surface area contributed by atoms with E-state index in [4.69, 9.17) is 0 Å². The summed E-state index contributed by atoms with van der Waals surface area (Å²) in [5.74, 6) is -0.662. The number of amides is 2. The fourth-order valence-corrected chi connectivity index (χ4v) is 2.30. The molecule has 1 saturated heterocycles. The van der Waals surface area contributed by atoms with Gasteiger partial charge in [0.25, 0.3) is 0 Å². The van der Waals surface area contributed by atoms with Crippen molar-refractivity contribution in [2.45, 2.75) is 13.0 Å². The van der Waals surface area contributed by atoms with Crippen molar-refractivity contribution in [3.8, 4) is 0 Å². The van der Waals surface area contributed by atoms with Gasteiger partial charge in [0.15, 0.2) is 0 Å². The van der Waals surface area contributed by atoms with Crippen molar-refractivity contribution in [3.05, 3.63) is 28.2 Å². The van der Waals surface area contributed by atoms with Gasteiger partial charge in [-0.2, -0.15) is 0 Å². The van der Waals surface area contributed by atoms with E-state index in [1.165, 1.54) is 0 Å². The third-order valence-electron chi connectivity index (χ3n) is 2.73. The lowest BCUT2D eigenvalue weighted by Crippen LogP contribution is -2.51. The Bertz CT molecular complexity index is 486. The molecule has 18 heavy (non-hydrogen) atoms. The SMILES string of the molecule is CC(O)c1ccc(Br)cc1N1CC(=O)NC(=O)C1. The lowest BCUT2D eigenvalue weighted by atomic mass is 10.1. The van der Waals surface area contributed by atoms with E-state index in [1.54, 1.807) is 24.0 Å². The van der Waals surface area contributed by atoms with E-state index < -0.39 is 6.10 Å². The summed E-state index contributed by atoms with van der Waals surface area (Å²) in [6, 6.07) is 5.40. The Kier molecular flexibility index (Phi) is 3.68. The molecule has 5 nitrogen and oxygen atoms in total. The second-order valence-corrected chi connectivity index (χ2v) is 5.12. The number of hydrogen-bond donors (Lipinski definition) is 2. The second kappa shape index (κ2) is 5.07. The standard InChI is InChI=1S/C12H13BrN2O3/c1-7(16)9-3-2-8(13)4-10(9)15-5-11(17)14-12(18)6-15/h2-4,7,16H,5-6H2,1H3,(H,14,17,18). The average molecular weight is 313 g/mol. The minimum absolute atomic E-state index is 0.113. The van der Waals surface area contributed by atoms with Gasteiger partial charge in [-0.15, -0.1) is 0 Å². The van der Waals surface area contributed by atoms with Crippen LogP contribution in [0.3, 0.4) is 0 Å². The van der Waals surface area contributed by atoms with Crippen molar-refractivity contribution in [1.29, 1.82) is 0 Å². The van der Waals surface area contributed by atoms with Crippen LogP contribution in [0.15, 0.2) is 22.7 Å². The van der Waals surface area contributed by atoms with Crippen LogP contribution in [0.25, 0.3) is 0 Å². The van der Waals surface area contributed by atoms with E-state index in [0.717, 1.165) is 4.47 Å². The number of anilines is 1. The summed E-state index contributed by atoms with van der Waals surface area (Å²) in [5.41, 5.74) is 1.39. The Balaban J connectivity index is 2.39. The summed E-state index contributed by atoms with van der Waals surface area (Å²) in [6.45, 7) is 1.88. The molecule has 2 N–H and O–H groups in total. The van der Waals surface area contributed by atoms with Gasteiger partial charge in [0.1, 0.15) is 0 Å². The highest BCUT2D eigenvalue weighted by Gasteiger charge is 2.25. The van der Waals surface area contributed by atoms with Crippen LogP contribution in [0.2, 0.25) is 0 Å². The van der Waals surface area contributed by atoms with Crippen molar-refractivity contribution in [2.24, 2.45) is 0 Å². The average Bonchev–Trinajstić information content (AvgIpc) is 2.27. The molecule has 0 aromatic heterocycles. The Morgan fingerprint density at radius 3 is 2.50 bits per heavy atom. The first-order chi connectivity index (χ1) is 8.47. The first-order valence-corrected chi connectivity index (χ1v) is 6.32. The van der Waals surface area contributed by atoms with Crippen molar-refractivity contribution in [1.82, 2.24) is 5.32 Å². The number of imide groups is 1. The molecule has 1 aromatic rings. The van der Waals surface area contributed by atoms with Gasteiger partial charge < -0.3 is 10.0 Å². The van der Waals surface area contributed by atoms with Crippen LogP contribution in [0.4, 0.5) is 5.69 Å². The molecular formula is C12H13BrN2O3. The highest BCUT2D eigenvalue weighted by atomic mass is 79.9. The Morgan fingerprint density at radius 2 is 1.94 bits per heavy atom. The van der Waals surface area contributed by atoms with Crippen LogP contribution in [-0.4, -0.2) is 30.0 Å². The normalized spacial score (nSPS) is 17.6. The van der Waals surface area contributed by atoms with Crippen LogP contribution in [0.5, 0.6) is 0 Å². The molecule has 96 valence electrons. The quantitative estimate of drug-likeness (QED) is 0.798. The Hall–Kier alpha value is -1.40. The van der Waals surface area contributed by atoms with Gasteiger partial charge in [-0.3, -0.25) is 14.9 Å². The summed E-state index contributed by atoms with van der Waals surface area (Å²) >= 11 is 3.35. The third-order valence-corrected chi connectivity index (χ3v) is 3.22. The molecule has 1 fully saturated rings. The molecule has 0 saturated carbocycles. The zero-order valence-corrected chi connectivity index (χ0v) is 11.4. The molecule has 1 atom stereocenters. The number of carbonyl (C=O) groups excluding carboxylic acids is 2. The topological polar surface area (TPSA) is 69.6 Å². The van der Waals surface area contributed by atoms with Gasteiger partial charge in [0, 0.05) is 15.7 Å². The largest absolute Gasteiger partial charge is 0.389 e. The smallest absolute Gasteiger partial charge is 0.246 e. The predicted octanol–water partition coefficient (Wildman–Crippen LogP) is 0.965. The molecule has 1 aliphatic heterocycles. The number of nitrogens with one attached hydrogen (secondary N) is 1. The van der Waals surface area contributed by atoms with Gasteiger partial charge in [-0.25, -0.2) is 0 Å². The molecule has 1 aliphatic rings. The maximum atomic E-state index is 11.4. The molecule has 0 aliphatic carbocycles. The molecule has 0 radical (unpaired) electrons. The molecule has 0 bridgehead atoms. The zero-order valence-electron chi connectivity index (χ0n) is 9.81. The number of aliphatic hydroxyl groups excluding tert-OH is 1. The summed E-state index contributed by atoms with van der Waals surface area (Å²) < 4.78 is 0.834. The first kappa shape index (κ1) is 13.0. The molecule has 6 heteroatoms. The van der Waals surface area contributed by atoms with Gasteiger partial charge in [0.05, 0.1) is 19.2 Å². The highest BCUT2D eigenvalue weighted by Crippen LogP contribution is 2.30. The van der Waals surface area contributed by atoms with Crippen LogP contribution in [0.1, 0.15) is 18.6 Å². The van der Waals surface area contributed by atoms with Gasteiger partial charge in [-0.1, -0.05) is 22.0 Å². The van der Waals surface area contributed by atoms with Crippen molar-refractivity contribution in [3.63, 3.8) is 0 Å². The van der Waals surface area contributed by atoms with Gasteiger partial charge in [0.2, 0.25) is 11.8 Å². The molecule has 1 unspecified atom stereocenters. The van der Waals surface area contributed by atoms with Crippen molar-refractivity contribution < 1.29 is 14.7 Å². The summed E-state index contributed by atoms with van der Waals surface area (Å²) in [6.07, 6.45) is -0.659. The minimum Gasteiger partial charge on any atom is -0.389 e. The summed E-state index contributed by atoms with van der Waals surface area (Å²) in [5, 5.41) is 12.0. The summed E-state index contributed by atoms with van der Waals surface area (Å²) in [7, 11) is 0. The minimum atomic E-state index is -0.659. The Labute approximate surface area is 113 Å².